The Morgan fingerprint density at radius 2 is 2.06 bits per heavy atom. The normalized spacial score (nSPS) is 17.5. The van der Waals surface area contributed by atoms with Crippen molar-refractivity contribution < 1.29 is 9.53 Å². The van der Waals surface area contributed by atoms with E-state index in [0.29, 0.717) is 5.75 Å². The Hall–Kier alpha value is -1.03. The first-order valence-corrected chi connectivity index (χ1v) is 6.99. The van der Waals surface area contributed by atoms with Crippen molar-refractivity contribution in [1.29, 1.82) is 0 Å². The summed E-state index contributed by atoms with van der Waals surface area (Å²) < 4.78 is 6.19. The van der Waals surface area contributed by atoms with Crippen LogP contribution in [-0.4, -0.2) is 13.0 Å². The lowest BCUT2D eigenvalue weighted by Crippen LogP contribution is -2.30. The van der Waals surface area contributed by atoms with Gasteiger partial charge in [-0.1, -0.05) is 35.7 Å². The third-order valence-electron chi connectivity index (χ3n) is 3.67. The van der Waals surface area contributed by atoms with Gasteiger partial charge in [-0.15, -0.1) is 0 Å². The molecule has 0 bridgehead atoms. The van der Waals surface area contributed by atoms with Crippen LogP contribution >= 0.6 is 15.9 Å². The van der Waals surface area contributed by atoms with Gasteiger partial charge in [0.1, 0.15) is 5.75 Å². The van der Waals surface area contributed by atoms with Crippen LogP contribution in [-0.2, 0) is 4.79 Å². The van der Waals surface area contributed by atoms with E-state index in [0.717, 1.165) is 35.8 Å². The minimum absolute atomic E-state index is 0.0939. The first-order chi connectivity index (χ1) is 8.55. The molecule has 0 unspecified atom stereocenters. The van der Waals surface area contributed by atoms with Crippen LogP contribution < -0.4 is 10.1 Å². The molecule has 1 aromatic rings. The Labute approximate surface area is 116 Å². The number of carbonyl (C=O) groups is 1. The number of benzene rings is 1. The molecule has 0 spiro atoms. The predicted molar refractivity (Wildman–Crippen MR) is 75.9 cm³/mol. The fourth-order valence-electron chi connectivity index (χ4n) is 2.43. The van der Waals surface area contributed by atoms with Gasteiger partial charge in [0.25, 0.3) is 0 Å². The van der Waals surface area contributed by atoms with Gasteiger partial charge in [-0.25, -0.2) is 0 Å². The molecule has 98 valence electrons. The average molecular weight is 312 g/mol. The first-order valence-electron chi connectivity index (χ1n) is 6.20. The molecule has 4 heteroatoms. The molecule has 2 rings (SSSR count). The summed E-state index contributed by atoms with van der Waals surface area (Å²) in [6.07, 6.45) is 4.21. The molecule has 1 aliphatic rings. The lowest BCUT2D eigenvalue weighted by atomic mass is 9.88. The highest BCUT2D eigenvalue weighted by atomic mass is 79.9. The summed E-state index contributed by atoms with van der Waals surface area (Å²) in [5.41, 5.74) is 0.498. The summed E-state index contributed by atoms with van der Waals surface area (Å²) in [6.45, 7) is 2.04. The van der Waals surface area contributed by atoms with E-state index >= 15 is 0 Å². The number of nitrogens with one attached hydrogen (secondary N) is 1. The number of rotatable bonds is 3. The van der Waals surface area contributed by atoms with Gasteiger partial charge in [0, 0.05) is 9.89 Å². The van der Waals surface area contributed by atoms with Crippen LogP contribution in [0.5, 0.6) is 5.75 Å². The molecule has 1 N–H and O–H groups in total. The maximum Gasteiger partial charge on any atom is 0.230 e. The summed E-state index contributed by atoms with van der Waals surface area (Å²) in [4.78, 5) is 12.3. The van der Waals surface area contributed by atoms with Crippen LogP contribution in [0.4, 0.5) is 5.69 Å². The quantitative estimate of drug-likeness (QED) is 0.917. The molecule has 1 aliphatic carbocycles. The minimum atomic E-state index is -0.229. The van der Waals surface area contributed by atoms with E-state index in [1.165, 1.54) is 0 Å². The Morgan fingerprint density at radius 3 is 2.67 bits per heavy atom. The van der Waals surface area contributed by atoms with Gasteiger partial charge in [-0.05, 0) is 31.0 Å². The number of methoxy groups -OCH3 is 1. The second kappa shape index (κ2) is 5.31. The van der Waals surface area contributed by atoms with Crippen LogP contribution in [0.1, 0.15) is 32.6 Å². The molecule has 18 heavy (non-hydrogen) atoms. The van der Waals surface area contributed by atoms with Crippen LogP contribution in [0.2, 0.25) is 0 Å². The number of halogens is 1. The maximum absolute atomic E-state index is 12.3. The van der Waals surface area contributed by atoms with Crippen LogP contribution in [0.25, 0.3) is 0 Å². The summed E-state index contributed by atoms with van der Waals surface area (Å²) in [5.74, 6) is 0.782. The van der Waals surface area contributed by atoms with Gasteiger partial charge in [-0.2, -0.15) is 0 Å². The van der Waals surface area contributed by atoms with E-state index in [1.54, 1.807) is 7.11 Å². The van der Waals surface area contributed by atoms with E-state index in [1.807, 2.05) is 25.1 Å². The smallest absolute Gasteiger partial charge is 0.230 e. The number of hydrogen-bond donors (Lipinski definition) is 1. The van der Waals surface area contributed by atoms with E-state index < -0.39 is 0 Å². The number of carbonyl (C=O) groups excluding carboxylic acids is 1. The van der Waals surface area contributed by atoms with Crippen molar-refractivity contribution in [3.8, 4) is 5.75 Å². The molecule has 1 fully saturated rings. The molecular formula is C14H18BrNO2. The average Bonchev–Trinajstić information content (AvgIpc) is 2.78. The minimum Gasteiger partial charge on any atom is -0.495 e. The largest absolute Gasteiger partial charge is 0.495 e. The number of hydrogen-bond acceptors (Lipinski definition) is 2. The third-order valence-corrected chi connectivity index (χ3v) is 4.16. The Bertz CT molecular complexity index is 453. The number of amides is 1. The molecule has 0 saturated heterocycles. The Kier molecular flexibility index (Phi) is 3.95. The molecule has 3 nitrogen and oxygen atoms in total. The van der Waals surface area contributed by atoms with Crippen molar-refractivity contribution in [2.24, 2.45) is 5.41 Å². The van der Waals surface area contributed by atoms with Crippen molar-refractivity contribution in [1.82, 2.24) is 0 Å². The second-order valence-electron chi connectivity index (χ2n) is 5.07. The summed E-state index contributed by atoms with van der Waals surface area (Å²) in [5, 5.41) is 2.99. The van der Waals surface area contributed by atoms with Gasteiger partial charge in [0.05, 0.1) is 12.8 Å². The van der Waals surface area contributed by atoms with Gasteiger partial charge in [0.15, 0.2) is 0 Å². The molecule has 0 aromatic heterocycles. The molecule has 0 aliphatic heterocycles. The molecule has 1 saturated carbocycles. The van der Waals surface area contributed by atoms with Gasteiger partial charge in [0.2, 0.25) is 5.91 Å². The zero-order chi connectivity index (χ0) is 13.2. The zero-order valence-electron chi connectivity index (χ0n) is 10.8. The highest BCUT2D eigenvalue weighted by Crippen LogP contribution is 2.39. The second-order valence-corrected chi connectivity index (χ2v) is 5.98. The summed E-state index contributed by atoms with van der Waals surface area (Å²) in [7, 11) is 1.61. The van der Waals surface area contributed by atoms with Crippen LogP contribution in [0.3, 0.4) is 0 Å². The summed E-state index contributed by atoms with van der Waals surface area (Å²) >= 11 is 3.41. The topological polar surface area (TPSA) is 38.3 Å². The van der Waals surface area contributed by atoms with Crippen LogP contribution in [0.15, 0.2) is 22.7 Å². The monoisotopic (exact) mass is 311 g/mol. The molecular weight excluding hydrogens is 294 g/mol. The van der Waals surface area contributed by atoms with E-state index in [-0.39, 0.29) is 11.3 Å². The number of ether oxygens (including phenoxy) is 1. The third kappa shape index (κ3) is 2.69. The molecule has 1 aromatic carbocycles. The molecule has 0 radical (unpaired) electrons. The summed E-state index contributed by atoms with van der Waals surface area (Å²) in [6, 6.07) is 5.61. The van der Waals surface area contributed by atoms with E-state index in [4.69, 9.17) is 4.74 Å². The lowest BCUT2D eigenvalue weighted by Gasteiger charge is -2.23. The van der Waals surface area contributed by atoms with E-state index in [9.17, 15) is 4.79 Å². The maximum atomic E-state index is 12.3. The highest BCUT2D eigenvalue weighted by Gasteiger charge is 2.36. The van der Waals surface area contributed by atoms with Crippen molar-refractivity contribution in [3.05, 3.63) is 22.7 Å². The standard InChI is InChI=1S/C14H18BrNO2/c1-14(7-3-4-8-14)13(17)16-11-9-10(15)5-6-12(11)18-2/h5-6,9H,3-4,7-8H2,1-2H3,(H,16,17). The van der Waals surface area contributed by atoms with Gasteiger partial charge < -0.3 is 10.1 Å². The zero-order valence-corrected chi connectivity index (χ0v) is 12.3. The van der Waals surface area contributed by atoms with Crippen LogP contribution in [0, 0.1) is 5.41 Å². The fourth-order valence-corrected chi connectivity index (χ4v) is 2.79. The molecule has 1 amide bonds. The molecule has 0 atom stereocenters. The van der Waals surface area contributed by atoms with Crippen molar-refractivity contribution >= 4 is 27.5 Å². The lowest BCUT2D eigenvalue weighted by molar-refractivity contribution is -0.124. The van der Waals surface area contributed by atoms with Crippen molar-refractivity contribution in [2.75, 3.05) is 12.4 Å². The SMILES string of the molecule is COc1ccc(Br)cc1NC(=O)C1(C)CCCC1. The molecule has 0 heterocycles. The van der Waals surface area contributed by atoms with Gasteiger partial charge in [-0.3, -0.25) is 4.79 Å². The predicted octanol–water partition coefficient (Wildman–Crippen LogP) is 3.98. The van der Waals surface area contributed by atoms with Crippen molar-refractivity contribution in [3.63, 3.8) is 0 Å². The Morgan fingerprint density at radius 1 is 1.39 bits per heavy atom. The van der Waals surface area contributed by atoms with E-state index in [2.05, 4.69) is 21.2 Å². The first kappa shape index (κ1) is 13.4. The highest BCUT2D eigenvalue weighted by molar-refractivity contribution is 9.10. The van der Waals surface area contributed by atoms with Crippen molar-refractivity contribution in [2.45, 2.75) is 32.6 Å². The van der Waals surface area contributed by atoms with Gasteiger partial charge >= 0.3 is 0 Å². The number of anilines is 1. The Balaban J connectivity index is 2.18. The fraction of sp³-hybridized carbons (Fsp3) is 0.500.